The van der Waals surface area contributed by atoms with Crippen LogP contribution in [0.3, 0.4) is 0 Å². The maximum absolute atomic E-state index is 12.2. The van der Waals surface area contributed by atoms with E-state index < -0.39 is 0 Å². The van der Waals surface area contributed by atoms with Crippen LogP contribution in [-0.2, 0) is 9.59 Å². The van der Waals surface area contributed by atoms with Gasteiger partial charge >= 0.3 is 0 Å². The molecule has 110 valence electrons. The third kappa shape index (κ3) is 4.84. The summed E-state index contributed by atoms with van der Waals surface area (Å²) >= 11 is 0. The van der Waals surface area contributed by atoms with Gasteiger partial charge in [-0.2, -0.15) is 0 Å². The average Bonchev–Trinajstić information content (AvgIpc) is 2.44. The van der Waals surface area contributed by atoms with E-state index >= 15 is 0 Å². The van der Waals surface area contributed by atoms with Gasteiger partial charge in [0.1, 0.15) is 0 Å². The van der Waals surface area contributed by atoms with Crippen molar-refractivity contribution >= 4 is 11.8 Å². The van der Waals surface area contributed by atoms with Crippen LogP contribution in [0.1, 0.15) is 52.9 Å². The Balaban J connectivity index is 2.36. The van der Waals surface area contributed by atoms with Gasteiger partial charge in [-0.15, -0.1) is 0 Å². The van der Waals surface area contributed by atoms with Gasteiger partial charge in [-0.1, -0.05) is 27.2 Å². The van der Waals surface area contributed by atoms with E-state index in [9.17, 15) is 9.59 Å². The van der Waals surface area contributed by atoms with Gasteiger partial charge in [-0.25, -0.2) is 0 Å². The molecular formula is C15H28N2O2. The van der Waals surface area contributed by atoms with Crippen LogP contribution in [0, 0.1) is 11.8 Å². The Kier molecular flexibility index (Phi) is 6.89. The zero-order chi connectivity index (χ0) is 14.3. The highest BCUT2D eigenvalue weighted by molar-refractivity contribution is 5.80. The van der Waals surface area contributed by atoms with Gasteiger partial charge < -0.3 is 10.2 Å². The first-order chi connectivity index (χ1) is 9.10. The van der Waals surface area contributed by atoms with Crippen LogP contribution < -0.4 is 5.32 Å². The summed E-state index contributed by atoms with van der Waals surface area (Å²) in [6, 6.07) is 0. The van der Waals surface area contributed by atoms with Gasteiger partial charge in [0.25, 0.3) is 0 Å². The first-order valence-electron chi connectivity index (χ1n) is 7.66. The summed E-state index contributed by atoms with van der Waals surface area (Å²) in [6.07, 6.45) is 4.58. The number of nitrogens with zero attached hydrogens (tertiary/aromatic N) is 1. The molecule has 1 heterocycles. The van der Waals surface area contributed by atoms with Gasteiger partial charge in [0.15, 0.2) is 0 Å². The quantitative estimate of drug-likeness (QED) is 0.802. The lowest BCUT2D eigenvalue weighted by molar-refractivity contribution is -0.138. The Hall–Kier alpha value is -1.06. The Bertz CT molecular complexity index is 297. The molecule has 4 nitrogen and oxygen atoms in total. The topological polar surface area (TPSA) is 49.4 Å². The summed E-state index contributed by atoms with van der Waals surface area (Å²) in [7, 11) is 0. The zero-order valence-corrected chi connectivity index (χ0v) is 12.6. The molecule has 0 aromatic carbocycles. The molecular weight excluding hydrogens is 240 g/mol. The van der Waals surface area contributed by atoms with Crippen molar-refractivity contribution in [2.24, 2.45) is 11.8 Å². The number of likely N-dealkylation sites (tertiary alicyclic amines) is 1. The Morgan fingerprint density at radius 1 is 1.21 bits per heavy atom. The minimum atomic E-state index is 0.0945. The fourth-order valence-corrected chi connectivity index (χ4v) is 2.62. The van der Waals surface area contributed by atoms with Crippen molar-refractivity contribution in [1.29, 1.82) is 0 Å². The van der Waals surface area contributed by atoms with Crippen LogP contribution in [0.2, 0.25) is 0 Å². The molecule has 1 aliphatic rings. The standard InChI is InChI=1S/C15H28N2O2/c1-4-6-12(3)15(19)17-10-7-13(8-11-17)14(18)16-9-5-2/h12-13H,4-11H2,1-3H3,(H,16,18). The van der Waals surface area contributed by atoms with Crippen LogP contribution in [0.25, 0.3) is 0 Å². The molecule has 19 heavy (non-hydrogen) atoms. The molecule has 0 aromatic rings. The van der Waals surface area contributed by atoms with Crippen molar-refractivity contribution in [3.8, 4) is 0 Å². The number of piperidine rings is 1. The molecule has 1 fully saturated rings. The van der Waals surface area contributed by atoms with Gasteiger partial charge in [-0.3, -0.25) is 9.59 Å². The van der Waals surface area contributed by atoms with Crippen LogP contribution in [-0.4, -0.2) is 36.3 Å². The van der Waals surface area contributed by atoms with Gasteiger partial charge in [0.05, 0.1) is 0 Å². The number of amides is 2. The lowest BCUT2D eigenvalue weighted by Gasteiger charge is -2.33. The highest BCUT2D eigenvalue weighted by Gasteiger charge is 2.28. The maximum Gasteiger partial charge on any atom is 0.225 e. The number of hydrogen-bond acceptors (Lipinski definition) is 2. The summed E-state index contributed by atoms with van der Waals surface area (Å²) in [5, 5.41) is 2.95. The second-order valence-electron chi connectivity index (χ2n) is 5.58. The molecule has 4 heteroatoms. The van der Waals surface area contributed by atoms with Crippen LogP contribution in [0.4, 0.5) is 0 Å². The van der Waals surface area contributed by atoms with E-state index in [-0.39, 0.29) is 23.7 Å². The molecule has 1 atom stereocenters. The molecule has 0 saturated carbocycles. The van der Waals surface area contributed by atoms with E-state index in [1.165, 1.54) is 0 Å². The first-order valence-corrected chi connectivity index (χ1v) is 7.66. The van der Waals surface area contributed by atoms with Gasteiger partial charge in [0, 0.05) is 31.5 Å². The lowest BCUT2D eigenvalue weighted by Crippen LogP contribution is -2.44. The third-order valence-corrected chi connectivity index (χ3v) is 3.87. The number of rotatable bonds is 6. The Morgan fingerprint density at radius 3 is 2.37 bits per heavy atom. The van der Waals surface area contributed by atoms with E-state index in [1.807, 2.05) is 11.8 Å². The van der Waals surface area contributed by atoms with E-state index in [0.717, 1.165) is 51.7 Å². The van der Waals surface area contributed by atoms with E-state index in [0.29, 0.717) is 0 Å². The van der Waals surface area contributed by atoms with Crippen molar-refractivity contribution in [1.82, 2.24) is 10.2 Å². The Morgan fingerprint density at radius 2 is 1.84 bits per heavy atom. The van der Waals surface area contributed by atoms with Crippen LogP contribution in [0.15, 0.2) is 0 Å². The molecule has 0 radical (unpaired) electrons. The molecule has 1 unspecified atom stereocenters. The first kappa shape index (κ1) is 16.0. The van der Waals surface area contributed by atoms with Crippen molar-refractivity contribution < 1.29 is 9.59 Å². The fraction of sp³-hybridized carbons (Fsp3) is 0.867. The summed E-state index contributed by atoms with van der Waals surface area (Å²) in [4.78, 5) is 26.0. The SMILES string of the molecule is CCCNC(=O)C1CCN(C(=O)C(C)CCC)CC1. The number of carbonyl (C=O) groups is 2. The summed E-state index contributed by atoms with van der Waals surface area (Å²) < 4.78 is 0. The zero-order valence-electron chi connectivity index (χ0n) is 12.6. The summed E-state index contributed by atoms with van der Waals surface area (Å²) in [6.45, 7) is 8.39. The Labute approximate surface area is 116 Å². The second kappa shape index (κ2) is 8.18. The normalized spacial score (nSPS) is 18.2. The predicted octanol–water partition coefficient (Wildman–Crippen LogP) is 2.19. The molecule has 1 N–H and O–H groups in total. The fourth-order valence-electron chi connectivity index (χ4n) is 2.62. The number of hydrogen-bond donors (Lipinski definition) is 1. The molecule has 1 rings (SSSR count). The van der Waals surface area contributed by atoms with Crippen molar-refractivity contribution in [2.45, 2.75) is 52.9 Å². The van der Waals surface area contributed by atoms with Gasteiger partial charge in [0.2, 0.25) is 11.8 Å². The minimum Gasteiger partial charge on any atom is -0.356 e. The van der Waals surface area contributed by atoms with Crippen LogP contribution >= 0.6 is 0 Å². The number of nitrogens with one attached hydrogen (secondary N) is 1. The molecule has 2 amide bonds. The van der Waals surface area contributed by atoms with E-state index in [4.69, 9.17) is 0 Å². The van der Waals surface area contributed by atoms with Crippen molar-refractivity contribution in [2.75, 3.05) is 19.6 Å². The maximum atomic E-state index is 12.2. The second-order valence-corrected chi connectivity index (χ2v) is 5.58. The van der Waals surface area contributed by atoms with Gasteiger partial charge in [-0.05, 0) is 25.7 Å². The molecule has 1 aliphatic heterocycles. The predicted molar refractivity (Wildman–Crippen MR) is 76.7 cm³/mol. The van der Waals surface area contributed by atoms with Crippen molar-refractivity contribution in [3.63, 3.8) is 0 Å². The summed E-state index contributed by atoms with van der Waals surface area (Å²) in [5.41, 5.74) is 0. The highest BCUT2D eigenvalue weighted by Crippen LogP contribution is 2.20. The third-order valence-electron chi connectivity index (χ3n) is 3.87. The summed E-state index contributed by atoms with van der Waals surface area (Å²) in [5.74, 6) is 0.636. The molecule has 0 bridgehead atoms. The largest absolute Gasteiger partial charge is 0.356 e. The molecule has 0 aromatic heterocycles. The smallest absolute Gasteiger partial charge is 0.225 e. The molecule has 0 spiro atoms. The van der Waals surface area contributed by atoms with E-state index in [1.54, 1.807) is 0 Å². The highest BCUT2D eigenvalue weighted by atomic mass is 16.2. The molecule has 0 aliphatic carbocycles. The monoisotopic (exact) mass is 268 g/mol. The molecule has 1 saturated heterocycles. The van der Waals surface area contributed by atoms with E-state index in [2.05, 4.69) is 19.2 Å². The lowest BCUT2D eigenvalue weighted by atomic mass is 9.94. The van der Waals surface area contributed by atoms with Crippen molar-refractivity contribution in [3.05, 3.63) is 0 Å². The van der Waals surface area contributed by atoms with Crippen LogP contribution in [0.5, 0.6) is 0 Å². The number of carbonyl (C=O) groups excluding carboxylic acids is 2. The minimum absolute atomic E-state index is 0.0945. The average molecular weight is 268 g/mol.